The van der Waals surface area contributed by atoms with Crippen LogP contribution in [0.2, 0.25) is 0 Å². The van der Waals surface area contributed by atoms with E-state index >= 15 is 0 Å². The molecule has 0 aliphatic heterocycles. The van der Waals surface area contributed by atoms with Gasteiger partial charge in [0.15, 0.2) is 0 Å². The van der Waals surface area contributed by atoms with Crippen molar-refractivity contribution in [3.8, 4) is 0 Å². The van der Waals surface area contributed by atoms with E-state index in [1.807, 2.05) is 37.1 Å². The van der Waals surface area contributed by atoms with Gasteiger partial charge in [0, 0.05) is 19.0 Å². The van der Waals surface area contributed by atoms with Gasteiger partial charge in [0.1, 0.15) is 5.01 Å². The van der Waals surface area contributed by atoms with E-state index in [4.69, 9.17) is 5.73 Å². The number of carbonyl (C=O) groups is 1. The summed E-state index contributed by atoms with van der Waals surface area (Å²) < 4.78 is 1.17. The zero-order valence-electron chi connectivity index (χ0n) is 13.3. The minimum Gasteiger partial charge on any atom is -0.336 e. The minimum absolute atomic E-state index is 0. The first-order valence-corrected chi connectivity index (χ1v) is 8.25. The quantitative estimate of drug-likeness (QED) is 0.887. The molecule has 2 aromatic rings. The Morgan fingerprint density at radius 3 is 2.65 bits per heavy atom. The summed E-state index contributed by atoms with van der Waals surface area (Å²) in [4.78, 5) is 19.1. The van der Waals surface area contributed by atoms with Crippen LogP contribution in [0.15, 0.2) is 24.3 Å². The predicted octanol–water partition coefficient (Wildman–Crippen LogP) is 3.79. The van der Waals surface area contributed by atoms with Crippen molar-refractivity contribution in [2.45, 2.75) is 38.3 Å². The lowest BCUT2D eigenvalue weighted by Crippen LogP contribution is -2.34. The monoisotopic (exact) mass is 375 g/mol. The number of fused-ring (bicyclic) bond motifs is 1. The number of nitrogens with two attached hydrogens (primary N) is 1. The summed E-state index contributed by atoms with van der Waals surface area (Å²) >= 11 is 1.66. The molecule has 128 valence electrons. The molecule has 1 aromatic carbocycles. The number of hydrogen-bond acceptors (Lipinski definition) is 4. The van der Waals surface area contributed by atoms with Crippen molar-refractivity contribution < 1.29 is 4.79 Å². The van der Waals surface area contributed by atoms with Crippen molar-refractivity contribution in [1.29, 1.82) is 0 Å². The van der Waals surface area contributed by atoms with E-state index in [1.165, 1.54) is 4.70 Å². The standard InChI is InChI=1S/C16H21N3OS.2ClH/c1-10(15-18-13-5-3-4-6-14(13)21-15)19(2)16(20)11-7-8-12(17)9-11;;/h3-6,10-12H,7-9,17H2,1-2H3;2*1H. The SMILES string of the molecule is CC(c1nc2ccccc2s1)N(C)C(=O)C1CCC(N)C1.Cl.Cl. The average Bonchev–Trinajstić information content (AvgIpc) is 3.10. The molecule has 0 spiro atoms. The molecule has 0 bridgehead atoms. The van der Waals surface area contributed by atoms with Gasteiger partial charge in [-0.2, -0.15) is 0 Å². The van der Waals surface area contributed by atoms with Gasteiger partial charge in [-0.1, -0.05) is 12.1 Å². The number of carbonyl (C=O) groups excluding carboxylic acids is 1. The van der Waals surface area contributed by atoms with Crippen molar-refractivity contribution in [2.75, 3.05) is 7.05 Å². The Labute approximate surface area is 153 Å². The third-order valence-corrected chi connectivity index (χ3v) is 5.63. The molecule has 1 saturated carbocycles. The molecule has 4 nitrogen and oxygen atoms in total. The van der Waals surface area contributed by atoms with E-state index in [0.717, 1.165) is 29.8 Å². The summed E-state index contributed by atoms with van der Waals surface area (Å²) in [5.41, 5.74) is 6.93. The van der Waals surface area contributed by atoms with Gasteiger partial charge in [-0.05, 0) is 38.3 Å². The van der Waals surface area contributed by atoms with Crippen LogP contribution in [0.25, 0.3) is 10.2 Å². The number of rotatable bonds is 3. The second-order valence-corrected chi connectivity index (χ2v) is 6.98. The number of para-hydroxylation sites is 1. The van der Waals surface area contributed by atoms with Crippen molar-refractivity contribution in [3.63, 3.8) is 0 Å². The van der Waals surface area contributed by atoms with Gasteiger partial charge < -0.3 is 10.6 Å². The fourth-order valence-corrected chi connectivity index (χ4v) is 4.02. The maximum atomic E-state index is 12.6. The van der Waals surface area contributed by atoms with Gasteiger partial charge in [-0.25, -0.2) is 4.98 Å². The van der Waals surface area contributed by atoms with Gasteiger partial charge in [0.05, 0.1) is 16.3 Å². The Hall–Kier alpha value is -0.880. The first-order chi connectivity index (χ1) is 10.1. The molecule has 0 radical (unpaired) electrons. The summed E-state index contributed by atoms with van der Waals surface area (Å²) in [7, 11) is 1.88. The molecule has 23 heavy (non-hydrogen) atoms. The zero-order chi connectivity index (χ0) is 15.0. The summed E-state index contributed by atoms with van der Waals surface area (Å²) in [6.45, 7) is 2.05. The largest absolute Gasteiger partial charge is 0.336 e. The lowest BCUT2D eigenvalue weighted by molar-refractivity contribution is -0.136. The highest BCUT2D eigenvalue weighted by atomic mass is 35.5. The van der Waals surface area contributed by atoms with Gasteiger partial charge >= 0.3 is 0 Å². The topological polar surface area (TPSA) is 59.2 Å². The van der Waals surface area contributed by atoms with Crippen LogP contribution < -0.4 is 5.73 Å². The lowest BCUT2D eigenvalue weighted by atomic mass is 10.1. The van der Waals surface area contributed by atoms with Gasteiger partial charge in [0.2, 0.25) is 5.91 Å². The smallest absolute Gasteiger partial charge is 0.226 e. The normalized spacial score (nSPS) is 21.3. The second kappa shape index (κ2) is 8.29. The fourth-order valence-electron chi connectivity index (χ4n) is 2.95. The van der Waals surface area contributed by atoms with Crippen molar-refractivity contribution in [2.24, 2.45) is 11.7 Å². The molecule has 1 aromatic heterocycles. The summed E-state index contributed by atoms with van der Waals surface area (Å²) in [5, 5.41) is 0.995. The highest BCUT2D eigenvalue weighted by Crippen LogP contribution is 2.32. The number of aromatic nitrogens is 1. The Kier molecular flexibility index (Phi) is 7.27. The van der Waals surface area contributed by atoms with E-state index in [2.05, 4.69) is 11.1 Å². The first-order valence-electron chi connectivity index (χ1n) is 7.44. The van der Waals surface area contributed by atoms with Gasteiger partial charge in [-0.3, -0.25) is 4.79 Å². The van der Waals surface area contributed by atoms with Crippen molar-refractivity contribution >= 4 is 52.3 Å². The molecular weight excluding hydrogens is 353 g/mol. The number of halogens is 2. The average molecular weight is 376 g/mol. The third-order valence-electron chi connectivity index (χ3n) is 4.42. The lowest BCUT2D eigenvalue weighted by Gasteiger charge is -2.26. The second-order valence-electron chi connectivity index (χ2n) is 5.91. The molecule has 3 atom stereocenters. The minimum atomic E-state index is 0. The number of amides is 1. The van der Waals surface area contributed by atoms with E-state index in [1.54, 1.807) is 11.3 Å². The number of benzene rings is 1. The Balaban J connectivity index is 0.00000132. The molecule has 3 rings (SSSR count). The van der Waals surface area contributed by atoms with Crippen molar-refractivity contribution in [3.05, 3.63) is 29.3 Å². The molecule has 2 N–H and O–H groups in total. The van der Waals surface area contributed by atoms with Crippen LogP contribution in [0.4, 0.5) is 0 Å². The molecule has 7 heteroatoms. The van der Waals surface area contributed by atoms with Crippen LogP contribution in [0.1, 0.15) is 37.2 Å². The van der Waals surface area contributed by atoms with Crippen LogP contribution in [-0.2, 0) is 4.79 Å². The molecule has 1 aliphatic rings. The van der Waals surface area contributed by atoms with Gasteiger partial charge in [-0.15, -0.1) is 36.2 Å². The molecule has 3 unspecified atom stereocenters. The maximum absolute atomic E-state index is 12.6. The summed E-state index contributed by atoms with van der Waals surface area (Å²) in [6.07, 6.45) is 2.69. The summed E-state index contributed by atoms with van der Waals surface area (Å²) in [5.74, 6) is 0.288. The molecule has 1 amide bonds. The third kappa shape index (κ3) is 4.15. The number of hydrogen-bond donors (Lipinski definition) is 1. The van der Waals surface area contributed by atoms with E-state index in [9.17, 15) is 4.79 Å². The van der Waals surface area contributed by atoms with Crippen LogP contribution in [0.3, 0.4) is 0 Å². The fraction of sp³-hybridized carbons (Fsp3) is 0.500. The highest BCUT2D eigenvalue weighted by Gasteiger charge is 2.32. The molecule has 1 aliphatic carbocycles. The molecule has 1 fully saturated rings. The Bertz CT molecular complexity index is 631. The Morgan fingerprint density at radius 1 is 1.35 bits per heavy atom. The van der Waals surface area contributed by atoms with Crippen LogP contribution in [0.5, 0.6) is 0 Å². The van der Waals surface area contributed by atoms with E-state index < -0.39 is 0 Å². The zero-order valence-corrected chi connectivity index (χ0v) is 15.7. The van der Waals surface area contributed by atoms with E-state index in [0.29, 0.717) is 0 Å². The van der Waals surface area contributed by atoms with Crippen LogP contribution >= 0.6 is 36.2 Å². The Morgan fingerprint density at radius 2 is 2.04 bits per heavy atom. The molecule has 0 saturated heterocycles. The van der Waals surface area contributed by atoms with Gasteiger partial charge in [0.25, 0.3) is 0 Å². The number of thiazole rings is 1. The maximum Gasteiger partial charge on any atom is 0.226 e. The molecule has 1 heterocycles. The van der Waals surface area contributed by atoms with Crippen LogP contribution in [0, 0.1) is 5.92 Å². The first kappa shape index (κ1) is 20.2. The van der Waals surface area contributed by atoms with E-state index in [-0.39, 0.29) is 48.7 Å². The van der Waals surface area contributed by atoms with Crippen LogP contribution in [-0.4, -0.2) is 28.9 Å². The van der Waals surface area contributed by atoms with Crippen molar-refractivity contribution in [1.82, 2.24) is 9.88 Å². The summed E-state index contributed by atoms with van der Waals surface area (Å²) in [6, 6.07) is 8.28. The highest BCUT2D eigenvalue weighted by molar-refractivity contribution is 7.18. The predicted molar refractivity (Wildman–Crippen MR) is 101 cm³/mol. The number of nitrogens with zero attached hydrogens (tertiary/aromatic N) is 2. The molecular formula is C16H23Cl2N3OS.